The van der Waals surface area contributed by atoms with Crippen molar-refractivity contribution in [2.75, 3.05) is 32.8 Å². The molecule has 0 spiro atoms. The van der Waals surface area contributed by atoms with Crippen LogP contribution in [0.5, 0.6) is 0 Å². The topological polar surface area (TPSA) is 84.0 Å². The predicted molar refractivity (Wildman–Crippen MR) is 101 cm³/mol. The highest BCUT2D eigenvalue weighted by molar-refractivity contribution is 7.92. The normalized spacial score (nSPS) is 19.0. The summed E-state index contributed by atoms with van der Waals surface area (Å²) in [6.45, 7) is 0.764. The van der Waals surface area contributed by atoms with Crippen LogP contribution in [0, 0.1) is 5.92 Å². The van der Waals surface area contributed by atoms with Gasteiger partial charge in [0.25, 0.3) is 5.91 Å². The summed E-state index contributed by atoms with van der Waals surface area (Å²) in [6.07, 6.45) is 4.26. The van der Waals surface area contributed by atoms with Crippen LogP contribution in [-0.4, -0.2) is 62.3 Å². The van der Waals surface area contributed by atoms with E-state index in [0.29, 0.717) is 0 Å². The molecule has 0 atom stereocenters. The number of amides is 1. The number of rotatable bonds is 6. The summed E-state index contributed by atoms with van der Waals surface area (Å²) in [4.78, 5) is 25.4. The van der Waals surface area contributed by atoms with Crippen LogP contribution in [0.25, 0.3) is 6.08 Å². The van der Waals surface area contributed by atoms with E-state index in [9.17, 15) is 18.0 Å². The number of carbonyl (C=O) groups excluding carboxylic acids is 2. The molecule has 0 bridgehead atoms. The minimum atomic E-state index is -3.53. The third kappa shape index (κ3) is 5.17. The smallest absolute Gasteiger partial charge is 0.309 e. The number of benzene rings is 1. The summed E-state index contributed by atoms with van der Waals surface area (Å²) in [6, 6.07) is 9.20. The zero-order valence-electron chi connectivity index (χ0n) is 15.1. The first-order valence-electron chi connectivity index (χ1n) is 9.13. The molecule has 7 nitrogen and oxygen atoms in total. The molecule has 1 saturated carbocycles. The third-order valence-corrected chi connectivity index (χ3v) is 6.52. The zero-order valence-corrected chi connectivity index (χ0v) is 15.9. The summed E-state index contributed by atoms with van der Waals surface area (Å²) in [5.41, 5.74) is 0.808. The number of hydrogen-bond donors (Lipinski definition) is 0. The molecular formula is C19H24N2O5S. The maximum Gasteiger partial charge on any atom is 0.309 e. The molecule has 1 saturated heterocycles. The second-order valence-electron chi connectivity index (χ2n) is 6.77. The van der Waals surface area contributed by atoms with Crippen molar-refractivity contribution >= 4 is 28.0 Å². The Morgan fingerprint density at radius 3 is 2.33 bits per heavy atom. The molecule has 3 rings (SSSR count). The monoisotopic (exact) mass is 392 g/mol. The number of ether oxygens (including phenoxy) is 1. The molecule has 1 aliphatic heterocycles. The van der Waals surface area contributed by atoms with E-state index in [0.717, 1.165) is 24.8 Å². The van der Waals surface area contributed by atoms with Crippen molar-refractivity contribution in [3.63, 3.8) is 0 Å². The number of hydrogen-bond acceptors (Lipinski definition) is 5. The van der Waals surface area contributed by atoms with Crippen LogP contribution >= 0.6 is 0 Å². The Kier molecular flexibility index (Phi) is 6.28. The van der Waals surface area contributed by atoms with Crippen LogP contribution in [-0.2, 0) is 24.3 Å². The van der Waals surface area contributed by atoms with E-state index in [1.54, 1.807) is 11.0 Å². The molecule has 1 heterocycles. The number of piperazine rings is 1. The summed E-state index contributed by atoms with van der Waals surface area (Å²) < 4.78 is 31.3. The average Bonchev–Trinajstić information content (AvgIpc) is 2.64. The van der Waals surface area contributed by atoms with E-state index >= 15 is 0 Å². The Hall–Kier alpha value is -2.19. The minimum absolute atomic E-state index is 0.0591. The second-order valence-corrected chi connectivity index (χ2v) is 8.59. The third-order valence-electron chi connectivity index (χ3n) is 4.96. The number of carbonyl (C=O) groups is 2. The predicted octanol–water partition coefficient (Wildman–Crippen LogP) is 1.47. The first-order valence-corrected chi connectivity index (χ1v) is 10.6. The molecule has 0 N–H and O–H groups in total. The van der Waals surface area contributed by atoms with Gasteiger partial charge in [0.1, 0.15) is 0 Å². The molecule has 146 valence electrons. The Morgan fingerprint density at radius 1 is 1.07 bits per heavy atom. The van der Waals surface area contributed by atoms with Crippen LogP contribution in [0.1, 0.15) is 24.8 Å². The fourth-order valence-electron chi connectivity index (χ4n) is 2.99. The summed E-state index contributed by atoms with van der Waals surface area (Å²) >= 11 is 0. The van der Waals surface area contributed by atoms with Crippen LogP contribution < -0.4 is 0 Å². The van der Waals surface area contributed by atoms with Gasteiger partial charge in [-0.05, 0) is 24.5 Å². The summed E-state index contributed by atoms with van der Waals surface area (Å²) in [7, 11) is -3.53. The van der Waals surface area contributed by atoms with E-state index in [4.69, 9.17) is 4.74 Å². The van der Waals surface area contributed by atoms with Gasteiger partial charge in [-0.3, -0.25) is 9.59 Å². The molecule has 1 aromatic carbocycles. The van der Waals surface area contributed by atoms with E-state index in [1.807, 2.05) is 30.3 Å². The lowest BCUT2D eigenvalue weighted by atomic mass is 9.86. The Balaban J connectivity index is 1.46. The van der Waals surface area contributed by atoms with Crippen LogP contribution in [0.4, 0.5) is 0 Å². The maximum absolute atomic E-state index is 12.4. The molecule has 8 heteroatoms. The van der Waals surface area contributed by atoms with Gasteiger partial charge in [0, 0.05) is 31.6 Å². The zero-order chi connectivity index (χ0) is 19.3. The van der Waals surface area contributed by atoms with Gasteiger partial charge in [-0.25, -0.2) is 8.42 Å². The molecule has 1 aromatic rings. The van der Waals surface area contributed by atoms with Gasteiger partial charge in [-0.2, -0.15) is 4.31 Å². The fourth-order valence-corrected chi connectivity index (χ4v) is 4.17. The number of esters is 1. The SMILES string of the molecule is O=C(OCC(=O)N1CCN(S(=O)(=O)/C=C/c2ccccc2)CC1)C1CCC1. The van der Waals surface area contributed by atoms with E-state index in [1.165, 1.54) is 9.71 Å². The van der Waals surface area contributed by atoms with Crippen molar-refractivity contribution in [1.29, 1.82) is 0 Å². The quantitative estimate of drug-likeness (QED) is 0.685. The van der Waals surface area contributed by atoms with Crippen molar-refractivity contribution in [1.82, 2.24) is 9.21 Å². The van der Waals surface area contributed by atoms with Crippen molar-refractivity contribution in [3.8, 4) is 0 Å². The van der Waals surface area contributed by atoms with Gasteiger partial charge in [-0.1, -0.05) is 36.8 Å². The minimum Gasteiger partial charge on any atom is -0.455 e. The molecule has 0 unspecified atom stereocenters. The lowest BCUT2D eigenvalue weighted by Gasteiger charge is -2.33. The molecule has 0 aromatic heterocycles. The van der Waals surface area contributed by atoms with Gasteiger partial charge in [0.05, 0.1) is 5.92 Å². The number of sulfonamides is 1. The van der Waals surface area contributed by atoms with Crippen molar-refractivity contribution in [3.05, 3.63) is 41.3 Å². The van der Waals surface area contributed by atoms with E-state index < -0.39 is 10.0 Å². The van der Waals surface area contributed by atoms with Crippen LogP contribution in [0.15, 0.2) is 35.7 Å². The highest BCUT2D eigenvalue weighted by atomic mass is 32.2. The first-order chi connectivity index (χ1) is 13.0. The Labute approximate surface area is 159 Å². The van der Waals surface area contributed by atoms with Gasteiger partial charge in [-0.15, -0.1) is 0 Å². The second kappa shape index (κ2) is 8.67. The lowest BCUT2D eigenvalue weighted by Crippen LogP contribution is -2.51. The van der Waals surface area contributed by atoms with Gasteiger partial charge >= 0.3 is 5.97 Å². The van der Waals surface area contributed by atoms with E-state index in [2.05, 4.69) is 0 Å². The first kappa shape index (κ1) is 19.6. The van der Waals surface area contributed by atoms with Crippen molar-refractivity contribution < 1.29 is 22.7 Å². The van der Waals surface area contributed by atoms with Crippen LogP contribution in [0.2, 0.25) is 0 Å². The number of nitrogens with zero attached hydrogens (tertiary/aromatic N) is 2. The molecule has 27 heavy (non-hydrogen) atoms. The fraction of sp³-hybridized carbons (Fsp3) is 0.474. The maximum atomic E-state index is 12.4. The highest BCUT2D eigenvalue weighted by Gasteiger charge is 2.30. The van der Waals surface area contributed by atoms with Gasteiger partial charge < -0.3 is 9.64 Å². The van der Waals surface area contributed by atoms with Crippen LogP contribution in [0.3, 0.4) is 0 Å². The molecular weight excluding hydrogens is 368 g/mol. The van der Waals surface area contributed by atoms with Gasteiger partial charge in [0.15, 0.2) is 6.61 Å². The summed E-state index contributed by atoms with van der Waals surface area (Å²) in [5.74, 6) is -0.641. The molecule has 2 fully saturated rings. The van der Waals surface area contributed by atoms with Crippen molar-refractivity contribution in [2.45, 2.75) is 19.3 Å². The molecule has 0 radical (unpaired) electrons. The van der Waals surface area contributed by atoms with Gasteiger partial charge in [0.2, 0.25) is 10.0 Å². The largest absolute Gasteiger partial charge is 0.455 e. The standard InChI is InChI=1S/C19H24N2O5S/c22-18(15-26-19(23)17-7-4-8-17)20-10-12-21(13-11-20)27(24,25)14-9-16-5-2-1-3-6-16/h1-3,5-6,9,14,17H,4,7-8,10-13,15H2/b14-9+. The summed E-state index contributed by atoms with van der Waals surface area (Å²) in [5, 5.41) is 1.19. The molecule has 1 amide bonds. The lowest BCUT2D eigenvalue weighted by molar-refractivity contribution is -0.158. The molecule has 1 aliphatic carbocycles. The average molecular weight is 392 g/mol. The molecule has 2 aliphatic rings. The Morgan fingerprint density at radius 2 is 1.74 bits per heavy atom. The highest BCUT2D eigenvalue weighted by Crippen LogP contribution is 2.27. The van der Waals surface area contributed by atoms with Crippen molar-refractivity contribution in [2.24, 2.45) is 5.92 Å². The van der Waals surface area contributed by atoms with E-state index in [-0.39, 0.29) is 50.6 Å². The Bertz CT molecular complexity index is 795.